The van der Waals surface area contributed by atoms with Crippen LogP contribution in [0.2, 0.25) is 0 Å². The molecule has 15 heavy (non-hydrogen) atoms. The lowest BCUT2D eigenvalue weighted by Crippen LogP contribution is -2.07. The van der Waals surface area contributed by atoms with Gasteiger partial charge in [-0.2, -0.15) is 0 Å². The van der Waals surface area contributed by atoms with Crippen molar-refractivity contribution in [2.75, 3.05) is 0 Å². The minimum Gasteiger partial charge on any atom is -0.0950 e. The van der Waals surface area contributed by atoms with Crippen molar-refractivity contribution in [2.45, 2.75) is 39.0 Å². The molecule has 0 heteroatoms. The Bertz CT molecular complexity index is 326. The van der Waals surface area contributed by atoms with Gasteiger partial charge in [-0.05, 0) is 36.8 Å². The lowest BCUT2D eigenvalue weighted by Gasteiger charge is -2.24. The molecule has 0 aliphatic heterocycles. The summed E-state index contributed by atoms with van der Waals surface area (Å²) in [6, 6.07) is 8.80. The van der Waals surface area contributed by atoms with Crippen LogP contribution in [0.5, 0.6) is 0 Å². The first-order chi connectivity index (χ1) is 7.27. The summed E-state index contributed by atoms with van der Waals surface area (Å²) < 4.78 is 0. The predicted molar refractivity (Wildman–Crippen MR) is 66.8 cm³/mol. The molecular formula is C15H20. The van der Waals surface area contributed by atoms with E-state index in [1.54, 1.807) is 0 Å². The van der Waals surface area contributed by atoms with E-state index in [2.05, 4.69) is 37.8 Å². The van der Waals surface area contributed by atoms with Crippen LogP contribution in [0.1, 0.15) is 43.2 Å². The van der Waals surface area contributed by atoms with E-state index in [0.717, 1.165) is 5.92 Å². The molecule has 0 bridgehead atoms. The summed E-state index contributed by atoms with van der Waals surface area (Å²) >= 11 is 0. The maximum Gasteiger partial charge on any atom is -0.0162 e. The molecule has 0 aromatic heterocycles. The highest BCUT2D eigenvalue weighted by atomic mass is 14.2. The Labute approximate surface area is 93.0 Å². The quantitative estimate of drug-likeness (QED) is 0.655. The van der Waals surface area contributed by atoms with Crippen LogP contribution in [-0.4, -0.2) is 0 Å². The first-order valence-electron chi connectivity index (χ1n) is 6.03. The second-order valence-corrected chi connectivity index (χ2v) is 4.73. The number of allylic oxidation sites excluding steroid dienone is 1. The minimum atomic E-state index is 0.737. The second-order valence-electron chi connectivity index (χ2n) is 4.73. The Hall–Kier alpha value is -1.04. The van der Waals surface area contributed by atoms with Crippen LogP contribution < -0.4 is 0 Å². The van der Waals surface area contributed by atoms with E-state index in [-0.39, 0.29) is 0 Å². The second kappa shape index (κ2) is 4.65. The van der Waals surface area contributed by atoms with Crippen molar-refractivity contribution in [1.29, 1.82) is 0 Å². The SMILES string of the molecule is C=C(c1ccc(C)cc1)C1CCCCC1. The molecule has 0 spiro atoms. The molecule has 0 radical (unpaired) electrons. The third-order valence-corrected chi connectivity index (χ3v) is 3.52. The van der Waals surface area contributed by atoms with Gasteiger partial charge in [0.15, 0.2) is 0 Å². The van der Waals surface area contributed by atoms with E-state index in [4.69, 9.17) is 0 Å². The molecule has 2 rings (SSSR count). The summed E-state index contributed by atoms with van der Waals surface area (Å²) in [5.74, 6) is 0.737. The maximum absolute atomic E-state index is 4.28. The zero-order chi connectivity index (χ0) is 10.7. The third-order valence-electron chi connectivity index (χ3n) is 3.52. The molecule has 80 valence electrons. The molecule has 0 unspecified atom stereocenters. The highest BCUT2D eigenvalue weighted by Gasteiger charge is 2.17. The fourth-order valence-electron chi connectivity index (χ4n) is 2.45. The minimum absolute atomic E-state index is 0.737. The zero-order valence-electron chi connectivity index (χ0n) is 9.63. The normalized spacial score (nSPS) is 17.7. The van der Waals surface area contributed by atoms with Gasteiger partial charge in [0.25, 0.3) is 0 Å². The average molecular weight is 200 g/mol. The van der Waals surface area contributed by atoms with Crippen LogP contribution in [0.3, 0.4) is 0 Å². The van der Waals surface area contributed by atoms with Crippen LogP contribution in [0, 0.1) is 12.8 Å². The molecule has 0 heterocycles. The summed E-state index contributed by atoms with van der Waals surface area (Å²) in [5.41, 5.74) is 4.03. The third kappa shape index (κ3) is 2.50. The number of hydrogen-bond donors (Lipinski definition) is 0. The van der Waals surface area contributed by atoms with Crippen molar-refractivity contribution in [3.8, 4) is 0 Å². The summed E-state index contributed by atoms with van der Waals surface area (Å²) in [6.45, 7) is 6.41. The van der Waals surface area contributed by atoms with Gasteiger partial charge < -0.3 is 0 Å². The zero-order valence-corrected chi connectivity index (χ0v) is 9.63. The predicted octanol–water partition coefficient (Wildman–Crippen LogP) is 4.59. The molecular weight excluding hydrogens is 180 g/mol. The first kappa shape index (κ1) is 10.5. The van der Waals surface area contributed by atoms with E-state index >= 15 is 0 Å². The van der Waals surface area contributed by atoms with Crippen LogP contribution in [0.25, 0.3) is 5.57 Å². The van der Waals surface area contributed by atoms with E-state index in [1.165, 1.54) is 48.8 Å². The molecule has 1 saturated carbocycles. The van der Waals surface area contributed by atoms with Gasteiger partial charge in [-0.1, -0.05) is 55.7 Å². The molecule has 0 amide bonds. The van der Waals surface area contributed by atoms with Gasteiger partial charge in [0.2, 0.25) is 0 Å². The fraction of sp³-hybridized carbons (Fsp3) is 0.467. The standard InChI is InChI=1S/C15H20/c1-12-8-10-15(11-9-12)13(2)14-6-4-3-5-7-14/h8-11,14H,2-7H2,1H3. The van der Waals surface area contributed by atoms with Gasteiger partial charge in [-0.15, -0.1) is 0 Å². The summed E-state index contributed by atoms with van der Waals surface area (Å²) in [7, 11) is 0. The Balaban J connectivity index is 2.09. The van der Waals surface area contributed by atoms with Crippen molar-refractivity contribution in [1.82, 2.24) is 0 Å². The van der Waals surface area contributed by atoms with Crippen LogP contribution in [0.4, 0.5) is 0 Å². The lowest BCUT2D eigenvalue weighted by atomic mass is 9.82. The number of rotatable bonds is 2. The number of hydrogen-bond acceptors (Lipinski definition) is 0. The summed E-state index contributed by atoms with van der Waals surface area (Å²) in [6.07, 6.45) is 6.86. The van der Waals surface area contributed by atoms with Crippen molar-refractivity contribution in [3.63, 3.8) is 0 Å². The lowest BCUT2D eigenvalue weighted by molar-refractivity contribution is 0.430. The van der Waals surface area contributed by atoms with Gasteiger partial charge in [0.1, 0.15) is 0 Å². The van der Waals surface area contributed by atoms with Gasteiger partial charge in [0.05, 0.1) is 0 Å². The van der Waals surface area contributed by atoms with Crippen molar-refractivity contribution >= 4 is 5.57 Å². The fourth-order valence-corrected chi connectivity index (χ4v) is 2.45. The van der Waals surface area contributed by atoms with Gasteiger partial charge in [-0.3, -0.25) is 0 Å². The van der Waals surface area contributed by atoms with Crippen LogP contribution in [0.15, 0.2) is 30.8 Å². The molecule has 1 aliphatic carbocycles. The molecule has 1 aliphatic rings. The number of benzene rings is 1. The summed E-state index contributed by atoms with van der Waals surface area (Å²) in [4.78, 5) is 0. The van der Waals surface area contributed by atoms with E-state index < -0.39 is 0 Å². The van der Waals surface area contributed by atoms with Crippen molar-refractivity contribution in [2.24, 2.45) is 5.92 Å². The highest BCUT2D eigenvalue weighted by Crippen LogP contribution is 2.34. The molecule has 1 aromatic rings. The van der Waals surface area contributed by atoms with E-state index in [9.17, 15) is 0 Å². The van der Waals surface area contributed by atoms with Gasteiger partial charge in [0, 0.05) is 0 Å². The average Bonchev–Trinajstić information content (AvgIpc) is 2.30. The van der Waals surface area contributed by atoms with Crippen molar-refractivity contribution < 1.29 is 0 Å². The molecule has 1 fully saturated rings. The Morgan fingerprint density at radius 3 is 2.27 bits per heavy atom. The van der Waals surface area contributed by atoms with Crippen molar-refractivity contribution in [3.05, 3.63) is 42.0 Å². The Kier molecular flexibility index (Phi) is 3.25. The largest absolute Gasteiger partial charge is 0.0950 e. The van der Waals surface area contributed by atoms with Crippen LogP contribution in [-0.2, 0) is 0 Å². The molecule has 0 N–H and O–H groups in total. The van der Waals surface area contributed by atoms with E-state index in [0.29, 0.717) is 0 Å². The van der Waals surface area contributed by atoms with Gasteiger partial charge in [-0.25, -0.2) is 0 Å². The maximum atomic E-state index is 4.28. The smallest absolute Gasteiger partial charge is 0.0162 e. The van der Waals surface area contributed by atoms with Crippen LogP contribution >= 0.6 is 0 Å². The monoisotopic (exact) mass is 200 g/mol. The molecule has 1 aromatic carbocycles. The number of aryl methyl sites for hydroxylation is 1. The highest BCUT2D eigenvalue weighted by molar-refractivity contribution is 5.65. The topological polar surface area (TPSA) is 0 Å². The molecule has 0 saturated heterocycles. The molecule has 0 atom stereocenters. The molecule has 0 nitrogen and oxygen atoms in total. The first-order valence-corrected chi connectivity index (χ1v) is 6.03. The summed E-state index contributed by atoms with van der Waals surface area (Å²) in [5, 5.41) is 0. The van der Waals surface area contributed by atoms with Gasteiger partial charge >= 0.3 is 0 Å². The van der Waals surface area contributed by atoms with E-state index in [1.807, 2.05) is 0 Å². The Morgan fingerprint density at radius 2 is 1.67 bits per heavy atom. The Morgan fingerprint density at radius 1 is 1.07 bits per heavy atom.